The molecule has 1 aliphatic carbocycles. The highest BCUT2D eigenvalue weighted by Gasteiger charge is 2.30. The number of hydrogen-bond donors (Lipinski definition) is 2. The van der Waals surface area contributed by atoms with Crippen LogP contribution < -0.4 is 15.4 Å². The van der Waals surface area contributed by atoms with Crippen LogP contribution in [-0.4, -0.2) is 34.1 Å². The lowest BCUT2D eigenvalue weighted by molar-refractivity contribution is 0.580. The molecular weight excluding hydrogens is 262 g/mol. The Bertz CT molecular complexity index is 541. The van der Waals surface area contributed by atoms with Crippen LogP contribution in [0.1, 0.15) is 19.8 Å². The summed E-state index contributed by atoms with van der Waals surface area (Å²) in [4.78, 5) is 2.23. The Labute approximate surface area is 114 Å². The van der Waals surface area contributed by atoms with E-state index in [-0.39, 0.29) is 12.1 Å². The standard InChI is InChI=1S/C13H21N3O2S/c1-10(9-14)16(2)12-5-3-4-6-13(12)19(17,18)15-11-7-8-11/h3-6,10-11,15H,7-9,14H2,1-2H3. The van der Waals surface area contributed by atoms with Crippen molar-refractivity contribution in [3.63, 3.8) is 0 Å². The van der Waals surface area contributed by atoms with Gasteiger partial charge in [0.15, 0.2) is 0 Å². The number of anilines is 1. The lowest BCUT2D eigenvalue weighted by Crippen LogP contribution is -2.37. The molecule has 0 bridgehead atoms. The van der Waals surface area contributed by atoms with Gasteiger partial charge in [0, 0.05) is 25.7 Å². The van der Waals surface area contributed by atoms with Crippen molar-refractivity contribution in [1.29, 1.82) is 0 Å². The van der Waals surface area contributed by atoms with E-state index in [0.29, 0.717) is 17.1 Å². The highest BCUT2D eigenvalue weighted by atomic mass is 32.2. The number of nitrogens with two attached hydrogens (primary N) is 1. The molecule has 0 amide bonds. The van der Waals surface area contributed by atoms with Crippen LogP contribution in [0.5, 0.6) is 0 Å². The first-order valence-electron chi connectivity index (χ1n) is 6.50. The normalized spacial score (nSPS) is 17.2. The second-order valence-corrected chi connectivity index (χ2v) is 6.74. The smallest absolute Gasteiger partial charge is 0.242 e. The molecule has 1 fully saturated rings. The van der Waals surface area contributed by atoms with Gasteiger partial charge in [-0.05, 0) is 31.9 Å². The first-order chi connectivity index (χ1) is 8.95. The topological polar surface area (TPSA) is 75.4 Å². The van der Waals surface area contributed by atoms with Crippen LogP contribution in [0, 0.1) is 0 Å². The Balaban J connectivity index is 2.34. The maximum atomic E-state index is 12.3. The highest BCUT2D eigenvalue weighted by molar-refractivity contribution is 7.89. The fourth-order valence-corrected chi connectivity index (χ4v) is 3.40. The van der Waals surface area contributed by atoms with E-state index < -0.39 is 10.0 Å². The maximum Gasteiger partial charge on any atom is 0.242 e. The summed E-state index contributed by atoms with van der Waals surface area (Å²) in [5.41, 5.74) is 6.34. The van der Waals surface area contributed by atoms with Crippen LogP contribution in [0.4, 0.5) is 5.69 Å². The van der Waals surface area contributed by atoms with Crippen molar-refractivity contribution >= 4 is 15.7 Å². The van der Waals surface area contributed by atoms with E-state index in [9.17, 15) is 8.42 Å². The molecule has 0 spiro atoms. The van der Waals surface area contributed by atoms with Crippen LogP contribution in [0.25, 0.3) is 0 Å². The van der Waals surface area contributed by atoms with Crippen LogP contribution >= 0.6 is 0 Å². The largest absolute Gasteiger partial charge is 0.370 e. The summed E-state index contributed by atoms with van der Waals surface area (Å²) in [6.45, 7) is 2.44. The second kappa shape index (κ2) is 5.48. The van der Waals surface area contributed by atoms with Crippen molar-refractivity contribution in [3.05, 3.63) is 24.3 Å². The third kappa shape index (κ3) is 3.26. The second-order valence-electron chi connectivity index (χ2n) is 5.06. The Hall–Kier alpha value is -1.11. The molecule has 0 heterocycles. The average Bonchev–Trinajstić information content (AvgIpc) is 3.20. The predicted octanol–water partition coefficient (Wildman–Crippen LogP) is 0.911. The Morgan fingerprint density at radius 1 is 1.42 bits per heavy atom. The summed E-state index contributed by atoms with van der Waals surface area (Å²) in [7, 11) is -1.58. The molecule has 1 saturated carbocycles. The fraction of sp³-hybridized carbons (Fsp3) is 0.538. The molecule has 19 heavy (non-hydrogen) atoms. The molecule has 2 rings (SSSR count). The molecule has 1 aliphatic rings. The van der Waals surface area contributed by atoms with Gasteiger partial charge in [0.05, 0.1) is 5.69 Å². The fourth-order valence-electron chi connectivity index (χ4n) is 1.86. The zero-order chi connectivity index (χ0) is 14.0. The van der Waals surface area contributed by atoms with Crippen molar-refractivity contribution in [2.45, 2.75) is 36.7 Å². The minimum Gasteiger partial charge on any atom is -0.370 e. The van der Waals surface area contributed by atoms with Gasteiger partial charge >= 0.3 is 0 Å². The summed E-state index contributed by atoms with van der Waals surface area (Å²) >= 11 is 0. The van der Waals surface area contributed by atoms with E-state index in [1.54, 1.807) is 12.1 Å². The van der Waals surface area contributed by atoms with Gasteiger partial charge in [0.25, 0.3) is 0 Å². The summed E-state index contributed by atoms with van der Waals surface area (Å²) in [5, 5.41) is 0. The molecule has 0 saturated heterocycles. The molecule has 1 aromatic carbocycles. The van der Waals surface area contributed by atoms with Crippen molar-refractivity contribution in [2.24, 2.45) is 5.73 Å². The maximum absolute atomic E-state index is 12.3. The average molecular weight is 283 g/mol. The molecule has 0 radical (unpaired) electrons. The Kier molecular flexibility index (Phi) is 4.13. The summed E-state index contributed by atoms with van der Waals surface area (Å²) in [6, 6.07) is 7.22. The zero-order valence-electron chi connectivity index (χ0n) is 11.3. The van der Waals surface area contributed by atoms with Gasteiger partial charge in [0.1, 0.15) is 4.90 Å². The molecule has 1 unspecified atom stereocenters. The van der Waals surface area contributed by atoms with Crippen LogP contribution in [0.15, 0.2) is 29.2 Å². The third-order valence-electron chi connectivity index (χ3n) is 3.44. The van der Waals surface area contributed by atoms with Gasteiger partial charge in [-0.25, -0.2) is 13.1 Å². The predicted molar refractivity (Wildman–Crippen MR) is 76.7 cm³/mol. The summed E-state index contributed by atoms with van der Waals surface area (Å²) in [6.07, 6.45) is 1.85. The van der Waals surface area contributed by atoms with E-state index in [1.807, 2.05) is 31.0 Å². The van der Waals surface area contributed by atoms with Gasteiger partial charge in [-0.2, -0.15) is 0 Å². The number of para-hydroxylation sites is 1. The van der Waals surface area contributed by atoms with Crippen molar-refractivity contribution in [2.75, 3.05) is 18.5 Å². The number of rotatable bonds is 6. The number of nitrogens with zero attached hydrogens (tertiary/aromatic N) is 1. The van der Waals surface area contributed by atoms with Gasteiger partial charge in [0.2, 0.25) is 10.0 Å². The van der Waals surface area contributed by atoms with E-state index >= 15 is 0 Å². The Morgan fingerprint density at radius 3 is 2.63 bits per heavy atom. The molecular formula is C13H21N3O2S. The number of likely N-dealkylation sites (N-methyl/N-ethyl adjacent to an activating group) is 1. The molecule has 1 aromatic rings. The SMILES string of the molecule is CC(CN)N(C)c1ccccc1S(=O)(=O)NC1CC1. The minimum absolute atomic E-state index is 0.0808. The molecule has 0 aromatic heterocycles. The first kappa shape index (κ1) is 14.3. The lowest BCUT2D eigenvalue weighted by Gasteiger charge is -2.27. The molecule has 1 atom stereocenters. The molecule has 5 nitrogen and oxygen atoms in total. The van der Waals surface area contributed by atoms with Crippen LogP contribution in [0.3, 0.4) is 0 Å². The lowest BCUT2D eigenvalue weighted by atomic mass is 10.2. The van der Waals surface area contributed by atoms with Crippen molar-refractivity contribution < 1.29 is 8.42 Å². The number of benzene rings is 1. The highest BCUT2D eigenvalue weighted by Crippen LogP contribution is 2.28. The molecule has 0 aliphatic heterocycles. The minimum atomic E-state index is -3.45. The van der Waals surface area contributed by atoms with Crippen molar-refractivity contribution in [1.82, 2.24) is 4.72 Å². The number of hydrogen-bond acceptors (Lipinski definition) is 4. The van der Waals surface area contributed by atoms with Crippen molar-refractivity contribution in [3.8, 4) is 0 Å². The van der Waals surface area contributed by atoms with Gasteiger partial charge < -0.3 is 10.6 Å². The first-order valence-corrected chi connectivity index (χ1v) is 7.98. The molecule has 106 valence electrons. The molecule has 3 N–H and O–H groups in total. The third-order valence-corrected chi connectivity index (χ3v) is 5.00. The van der Waals surface area contributed by atoms with Crippen LogP contribution in [0.2, 0.25) is 0 Å². The van der Waals surface area contributed by atoms with Gasteiger partial charge in [-0.1, -0.05) is 12.1 Å². The van der Waals surface area contributed by atoms with E-state index in [2.05, 4.69) is 4.72 Å². The van der Waals surface area contributed by atoms with Crippen LogP contribution in [-0.2, 0) is 10.0 Å². The van der Waals surface area contributed by atoms with Gasteiger partial charge in [-0.15, -0.1) is 0 Å². The zero-order valence-corrected chi connectivity index (χ0v) is 12.2. The number of nitrogens with one attached hydrogen (secondary N) is 1. The summed E-state index contributed by atoms with van der Waals surface area (Å²) < 4.78 is 27.4. The van der Waals surface area contributed by atoms with E-state index in [4.69, 9.17) is 5.73 Å². The van der Waals surface area contributed by atoms with E-state index in [1.165, 1.54) is 0 Å². The quantitative estimate of drug-likeness (QED) is 0.814. The molecule has 6 heteroatoms. The number of sulfonamides is 1. The van der Waals surface area contributed by atoms with E-state index in [0.717, 1.165) is 12.8 Å². The van der Waals surface area contributed by atoms with Gasteiger partial charge in [-0.3, -0.25) is 0 Å². The summed E-state index contributed by atoms with van der Waals surface area (Å²) in [5.74, 6) is 0. The Morgan fingerprint density at radius 2 is 2.05 bits per heavy atom. The monoisotopic (exact) mass is 283 g/mol.